The van der Waals surface area contributed by atoms with Crippen LogP contribution in [0.25, 0.3) is 11.3 Å². The maximum Gasteiger partial charge on any atom is 0.220 e. The Morgan fingerprint density at radius 1 is 1.19 bits per heavy atom. The third kappa shape index (κ3) is 4.11. The van der Waals surface area contributed by atoms with Crippen LogP contribution in [0.5, 0.6) is 0 Å². The maximum absolute atomic E-state index is 13.8. The van der Waals surface area contributed by atoms with E-state index in [1.165, 1.54) is 12.3 Å². The standard InChI is InChI=1S/C19H17F2N3O2/c1-12(13-7-9-22-10-8-13)24-17(25)5-6-18-23-11-16(26-18)19-14(20)3-2-4-15(19)21/h2-4,7-12H,5-6H2,1H3,(H,24,25). The Kier molecular flexibility index (Phi) is 5.36. The van der Waals surface area contributed by atoms with Crippen LogP contribution in [0, 0.1) is 11.6 Å². The van der Waals surface area contributed by atoms with Gasteiger partial charge in [0.15, 0.2) is 11.7 Å². The lowest BCUT2D eigenvalue weighted by molar-refractivity contribution is -0.121. The summed E-state index contributed by atoms with van der Waals surface area (Å²) in [5.41, 5.74) is 0.684. The van der Waals surface area contributed by atoms with Crippen LogP contribution in [0.4, 0.5) is 8.78 Å². The van der Waals surface area contributed by atoms with Gasteiger partial charge in [0.05, 0.1) is 17.8 Å². The first-order valence-corrected chi connectivity index (χ1v) is 8.13. The number of halogens is 2. The van der Waals surface area contributed by atoms with Crippen molar-refractivity contribution in [2.24, 2.45) is 0 Å². The summed E-state index contributed by atoms with van der Waals surface area (Å²) in [5.74, 6) is -1.38. The van der Waals surface area contributed by atoms with Crippen molar-refractivity contribution >= 4 is 5.91 Å². The molecular formula is C19H17F2N3O2. The Morgan fingerprint density at radius 2 is 1.88 bits per heavy atom. The van der Waals surface area contributed by atoms with E-state index in [-0.39, 0.29) is 42.0 Å². The van der Waals surface area contributed by atoms with Crippen molar-refractivity contribution < 1.29 is 18.0 Å². The molecule has 1 N–H and O–H groups in total. The topological polar surface area (TPSA) is 68.0 Å². The van der Waals surface area contributed by atoms with Crippen molar-refractivity contribution in [3.8, 4) is 11.3 Å². The molecule has 1 atom stereocenters. The zero-order chi connectivity index (χ0) is 18.5. The summed E-state index contributed by atoms with van der Waals surface area (Å²) in [6, 6.07) is 7.07. The molecule has 1 unspecified atom stereocenters. The number of hydrogen-bond acceptors (Lipinski definition) is 4. The van der Waals surface area contributed by atoms with E-state index in [0.29, 0.717) is 0 Å². The normalized spacial score (nSPS) is 12.0. The molecule has 3 rings (SSSR count). The minimum Gasteiger partial charge on any atom is -0.441 e. The number of nitrogens with zero attached hydrogens (tertiary/aromatic N) is 2. The highest BCUT2D eigenvalue weighted by Gasteiger charge is 2.16. The second-order valence-electron chi connectivity index (χ2n) is 5.78. The van der Waals surface area contributed by atoms with Crippen LogP contribution in [0.3, 0.4) is 0 Å². The molecule has 0 fully saturated rings. The Bertz CT molecular complexity index is 877. The van der Waals surface area contributed by atoms with Gasteiger partial charge in [0, 0.05) is 25.2 Å². The number of rotatable bonds is 6. The van der Waals surface area contributed by atoms with Crippen LogP contribution in [0.15, 0.2) is 53.3 Å². The molecule has 2 aromatic heterocycles. The van der Waals surface area contributed by atoms with Crippen LogP contribution in [0.2, 0.25) is 0 Å². The third-order valence-corrected chi connectivity index (χ3v) is 3.91. The molecule has 0 spiro atoms. The molecular weight excluding hydrogens is 340 g/mol. The van der Waals surface area contributed by atoms with Gasteiger partial charge in [-0.2, -0.15) is 0 Å². The number of aryl methyl sites for hydroxylation is 1. The van der Waals surface area contributed by atoms with Gasteiger partial charge in [-0.05, 0) is 36.8 Å². The smallest absolute Gasteiger partial charge is 0.220 e. The summed E-state index contributed by atoms with van der Waals surface area (Å²) in [6.07, 6.45) is 4.96. The highest BCUT2D eigenvalue weighted by atomic mass is 19.1. The number of amides is 1. The fourth-order valence-electron chi connectivity index (χ4n) is 2.54. The molecule has 1 aromatic carbocycles. The van der Waals surface area contributed by atoms with Gasteiger partial charge in [0.25, 0.3) is 0 Å². The average molecular weight is 357 g/mol. The lowest BCUT2D eigenvalue weighted by Crippen LogP contribution is -2.26. The summed E-state index contributed by atoms with van der Waals surface area (Å²) >= 11 is 0. The molecule has 3 aromatic rings. The molecule has 0 bridgehead atoms. The maximum atomic E-state index is 13.8. The fourth-order valence-corrected chi connectivity index (χ4v) is 2.54. The molecule has 0 radical (unpaired) electrons. The van der Waals surface area contributed by atoms with Crippen LogP contribution >= 0.6 is 0 Å². The second-order valence-corrected chi connectivity index (χ2v) is 5.78. The summed E-state index contributed by atoms with van der Waals surface area (Å²) in [5, 5.41) is 2.87. The van der Waals surface area contributed by atoms with Crippen molar-refractivity contribution in [3.05, 3.63) is 72.0 Å². The summed E-state index contributed by atoms with van der Waals surface area (Å²) in [4.78, 5) is 20.0. The summed E-state index contributed by atoms with van der Waals surface area (Å²) in [7, 11) is 0. The molecule has 134 valence electrons. The largest absolute Gasteiger partial charge is 0.441 e. The first kappa shape index (κ1) is 17.7. The predicted octanol–water partition coefficient (Wildman–Crippen LogP) is 3.82. The first-order chi connectivity index (χ1) is 12.5. The van der Waals surface area contributed by atoms with Gasteiger partial charge >= 0.3 is 0 Å². The van der Waals surface area contributed by atoms with Crippen LogP contribution in [-0.2, 0) is 11.2 Å². The Balaban J connectivity index is 1.59. The molecule has 0 aliphatic rings. The van der Waals surface area contributed by atoms with Crippen molar-refractivity contribution in [1.29, 1.82) is 0 Å². The van der Waals surface area contributed by atoms with Crippen molar-refractivity contribution in [1.82, 2.24) is 15.3 Å². The van der Waals surface area contributed by atoms with Crippen LogP contribution in [0.1, 0.15) is 30.8 Å². The van der Waals surface area contributed by atoms with Gasteiger partial charge in [-0.3, -0.25) is 9.78 Å². The van der Waals surface area contributed by atoms with Crippen molar-refractivity contribution in [2.75, 3.05) is 0 Å². The van der Waals surface area contributed by atoms with E-state index < -0.39 is 11.6 Å². The Labute approximate surface area is 149 Å². The van der Waals surface area contributed by atoms with E-state index in [4.69, 9.17) is 4.42 Å². The Hall–Kier alpha value is -3.09. The van der Waals surface area contributed by atoms with E-state index in [1.807, 2.05) is 19.1 Å². The van der Waals surface area contributed by atoms with Crippen LogP contribution < -0.4 is 5.32 Å². The van der Waals surface area contributed by atoms with Gasteiger partial charge in [0.2, 0.25) is 5.91 Å². The number of carbonyl (C=O) groups excluding carboxylic acids is 1. The Morgan fingerprint density at radius 3 is 2.58 bits per heavy atom. The lowest BCUT2D eigenvalue weighted by atomic mass is 10.1. The van der Waals surface area contributed by atoms with Gasteiger partial charge in [-0.1, -0.05) is 6.07 Å². The fraction of sp³-hybridized carbons (Fsp3) is 0.211. The van der Waals surface area contributed by atoms with Crippen molar-refractivity contribution in [2.45, 2.75) is 25.8 Å². The van der Waals surface area contributed by atoms with Gasteiger partial charge in [-0.25, -0.2) is 13.8 Å². The first-order valence-electron chi connectivity index (χ1n) is 8.13. The van der Waals surface area contributed by atoms with Gasteiger partial charge < -0.3 is 9.73 Å². The molecule has 0 saturated heterocycles. The number of aromatic nitrogens is 2. The number of benzene rings is 1. The van der Waals surface area contributed by atoms with E-state index in [2.05, 4.69) is 15.3 Å². The summed E-state index contributed by atoms with van der Waals surface area (Å²) < 4.78 is 32.9. The van der Waals surface area contributed by atoms with E-state index in [9.17, 15) is 13.6 Å². The number of hydrogen-bond donors (Lipinski definition) is 1. The zero-order valence-corrected chi connectivity index (χ0v) is 14.1. The minimum absolute atomic E-state index is 0.00108. The van der Waals surface area contributed by atoms with Gasteiger partial charge in [-0.15, -0.1) is 0 Å². The number of oxazole rings is 1. The van der Waals surface area contributed by atoms with Crippen LogP contribution in [-0.4, -0.2) is 15.9 Å². The average Bonchev–Trinajstić information content (AvgIpc) is 3.09. The third-order valence-electron chi connectivity index (χ3n) is 3.91. The minimum atomic E-state index is -0.725. The highest BCUT2D eigenvalue weighted by Crippen LogP contribution is 2.26. The molecule has 26 heavy (non-hydrogen) atoms. The van der Waals surface area contributed by atoms with Crippen molar-refractivity contribution in [3.63, 3.8) is 0 Å². The molecule has 2 heterocycles. The number of carbonyl (C=O) groups is 1. The number of pyridine rings is 1. The molecule has 0 aliphatic carbocycles. The monoisotopic (exact) mass is 357 g/mol. The SMILES string of the molecule is CC(NC(=O)CCc1ncc(-c2c(F)cccc2F)o1)c1ccncc1. The molecule has 0 aliphatic heterocycles. The molecule has 5 nitrogen and oxygen atoms in total. The lowest BCUT2D eigenvalue weighted by Gasteiger charge is -2.13. The molecule has 1 amide bonds. The zero-order valence-electron chi connectivity index (χ0n) is 14.1. The van der Waals surface area contributed by atoms with E-state index >= 15 is 0 Å². The number of nitrogens with one attached hydrogen (secondary N) is 1. The summed E-state index contributed by atoms with van der Waals surface area (Å²) in [6.45, 7) is 1.87. The molecule has 7 heteroatoms. The molecule has 0 saturated carbocycles. The van der Waals surface area contributed by atoms with E-state index in [0.717, 1.165) is 17.7 Å². The second kappa shape index (κ2) is 7.86. The van der Waals surface area contributed by atoms with E-state index in [1.54, 1.807) is 12.4 Å². The highest BCUT2D eigenvalue weighted by molar-refractivity contribution is 5.76. The van der Waals surface area contributed by atoms with Gasteiger partial charge in [0.1, 0.15) is 11.6 Å². The predicted molar refractivity (Wildman–Crippen MR) is 91.0 cm³/mol. The quantitative estimate of drug-likeness (QED) is 0.728.